The molecule has 1 aromatic carbocycles. The van der Waals surface area contributed by atoms with Crippen LogP contribution < -0.4 is 4.74 Å². The van der Waals surface area contributed by atoms with Gasteiger partial charge in [0.1, 0.15) is 12.4 Å². The van der Waals surface area contributed by atoms with Crippen molar-refractivity contribution in [3.8, 4) is 5.75 Å². The molecule has 0 aliphatic heterocycles. The molecule has 0 spiro atoms. The zero-order chi connectivity index (χ0) is 12.0. The molecule has 90 valence electrons. The molecule has 0 radical (unpaired) electrons. The van der Waals surface area contributed by atoms with E-state index in [1.54, 1.807) is 7.11 Å². The van der Waals surface area contributed by atoms with Crippen molar-refractivity contribution in [2.45, 2.75) is 32.6 Å². The lowest BCUT2D eigenvalue weighted by Gasteiger charge is -2.23. The first-order valence-corrected chi connectivity index (χ1v) is 5.82. The van der Waals surface area contributed by atoms with Crippen molar-refractivity contribution in [1.29, 1.82) is 0 Å². The van der Waals surface area contributed by atoms with Crippen LogP contribution in [0.3, 0.4) is 0 Å². The third-order valence-corrected chi connectivity index (χ3v) is 3.08. The number of hydrogen-bond donors (Lipinski definition) is 0. The van der Waals surface area contributed by atoms with Crippen molar-refractivity contribution in [1.82, 2.24) is 0 Å². The van der Waals surface area contributed by atoms with Gasteiger partial charge in [-0.15, -0.1) is 0 Å². The van der Waals surface area contributed by atoms with Gasteiger partial charge in [-0.1, -0.05) is 32.9 Å². The van der Waals surface area contributed by atoms with Crippen LogP contribution in [0.2, 0.25) is 0 Å². The van der Waals surface area contributed by atoms with Crippen LogP contribution in [0, 0.1) is 0 Å². The van der Waals surface area contributed by atoms with Crippen LogP contribution in [0.25, 0.3) is 0 Å². The molecular formula is C14H22O2. The van der Waals surface area contributed by atoms with Crippen molar-refractivity contribution >= 4 is 0 Å². The first-order chi connectivity index (χ1) is 7.60. The summed E-state index contributed by atoms with van der Waals surface area (Å²) in [5, 5.41) is 0. The average Bonchev–Trinajstić information content (AvgIpc) is 2.30. The van der Waals surface area contributed by atoms with E-state index >= 15 is 0 Å². The average molecular weight is 222 g/mol. The molecule has 2 heteroatoms. The molecule has 2 nitrogen and oxygen atoms in total. The minimum Gasteiger partial charge on any atom is -0.491 e. The molecule has 0 N–H and O–H groups in total. The van der Waals surface area contributed by atoms with Gasteiger partial charge < -0.3 is 9.47 Å². The van der Waals surface area contributed by atoms with Gasteiger partial charge in [-0.3, -0.25) is 0 Å². The molecule has 0 saturated heterocycles. The van der Waals surface area contributed by atoms with E-state index in [4.69, 9.17) is 9.47 Å². The summed E-state index contributed by atoms with van der Waals surface area (Å²) in [6, 6.07) is 8.35. The highest BCUT2D eigenvalue weighted by Crippen LogP contribution is 2.27. The Labute approximate surface area is 98.6 Å². The van der Waals surface area contributed by atoms with Crippen LogP contribution in [-0.4, -0.2) is 20.3 Å². The predicted octanol–water partition coefficient (Wildman–Crippen LogP) is 3.40. The summed E-state index contributed by atoms with van der Waals surface area (Å²) >= 11 is 0. The Hall–Kier alpha value is -1.02. The number of ether oxygens (including phenoxy) is 2. The highest BCUT2D eigenvalue weighted by molar-refractivity contribution is 5.31. The molecule has 0 aliphatic rings. The standard InChI is InChI=1S/C14H22O2/c1-5-14(2,3)12-6-8-13(9-7-12)16-11-10-15-4/h6-9H,5,10-11H2,1-4H3. The van der Waals surface area contributed by atoms with Gasteiger partial charge in [0, 0.05) is 7.11 Å². The molecule has 0 unspecified atom stereocenters. The Morgan fingerprint density at radius 2 is 1.69 bits per heavy atom. The fourth-order valence-corrected chi connectivity index (χ4v) is 1.45. The first kappa shape index (κ1) is 13.0. The van der Waals surface area contributed by atoms with Gasteiger partial charge in [0.05, 0.1) is 6.61 Å². The monoisotopic (exact) mass is 222 g/mol. The molecule has 0 saturated carbocycles. The SMILES string of the molecule is CCC(C)(C)c1ccc(OCCOC)cc1. The van der Waals surface area contributed by atoms with E-state index < -0.39 is 0 Å². The van der Waals surface area contributed by atoms with Gasteiger partial charge in [-0.05, 0) is 29.5 Å². The maximum absolute atomic E-state index is 5.52. The molecule has 0 amide bonds. The summed E-state index contributed by atoms with van der Waals surface area (Å²) < 4.78 is 10.5. The molecule has 0 bridgehead atoms. The summed E-state index contributed by atoms with van der Waals surface area (Å²) in [6.45, 7) is 7.96. The third-order valence-electron chi connectivity index (χ3n) is 3.08. The number of methoxy groups -OCH3 is 1. The maximum Gasteiger partial charge on any atom is 0.119 e. The van der Waals surface area contributed by atoms with Crippen molar-refractivity contribution < 1.29 is 9.47 Å². The Morgan fingerprint density at radius 1 is 1.06 bits per heavy atom. The molecule has 16 heavy (non-hydrogen) atoms. The molecule has 0 atom stereocenters. The van der Waals surface area contributed by atoms with Crippen LogP contribution in [0.15, 0.2) is 24.3 Å². The minimum absolute atomic E-state index is 0.241. The largest absolute Gasteiger partial charge is 0.491 e. The van der Waals surface area contributed by atoms with E-state index in [-0.39, 0.29) is 5.41 Å². The summed E-state index contributed by atoms with van der Waals surface area (Å²) in [6.07, 6.45) is 1.14. The Morgan fingerprint density at radius 3 is 2.19 bits per heavy atom. The van der Waals surface area contributed by atoms with E-state index in [0.717, 1.165) is 12.2 Å². The highest BCUT2D eigenvalue weighted by Gasteiger charge is 2.17. The van der Waals surface area contributed by atoms with Gasteiger partial charge in [-0.2, -0.15) is 0 Å². The molecule has 0 heterocycles. The van der Waals surface area contributed by atoms with Crippen molar-refractivity contribution in [3.63, 3.8) is 0 Å². The zero-order valence-corrected chi connectivity index (χ0v) is 10.7. The molecule has 0 aliphatic carbocycles. The van der Waals surface area contributed by atoms with Gasteiger partial charge in [0.2, 0.25) is 0 Å². The van der Waals surface area contributed by atoms with Crippen LogP contribution in [0.1, 0.15) is 32.8 Å². The second kappa shape index (κ2) is 5.90. The fourth-order valence-electron chi connectivity index (χ4n) is 1.45. The van der Waals surface area contributed by atoms with Gasteiger partial charge >= 0.3 is 0 Å². The summed E-state index contributed by atoms with van der Waals surface area (Å²) in [5.74, 6) is 0.910. The minimum atomic E-state index is 0.241. The van der Waals surface area contributed by atoms with Crippen LogP contribution >= 0.6 is 0 Å². The summed E-state index contributed by atoms with van der Waals surface area (Å²) in [4.78, 5) is 0. The lowest BCUT2D eigenvalue weighted by atomic mass is 9.82. The number of rotatable bonds is 6. The van der Waals surface area contributed by atoms with E-state index in [0.29, 0.717) is 13.2 Å². The fraction of sp³-hybridized carbons (Fsp3) is 0.571. The van der Waals surface area contributed by atoms with Gasteiger partial charge in [0.15, 0.2) is 0 Å². The summed E-state index contributed by atoms with van der Waals surface area (Å²) in [7, 11) is 1.68. The van der Waals surface area contributed by atoms with Gasteiger partial charge in [-0.25, -0.2) is 0 Å². The van der Waals surface area contributed by atoms with E-state index in [9.17, 15) is 0 Å². The molecule has 1 aromatic rings. The zero-order valence-electron chi connectivity index (χ0n) is 10.7. The predicted molar refractivity (Wildman–Crippen MR) is 67.1 cm³/mol. The lowest BCUT2D eigenvalue weighted by molar-refractivity contribution is 0.146. The Kier molecular flexibility index (Phi) is 4.81. The Balaban J connectivity index is 2.61. The van der Waals surface area contributed by atoms with Crippen LogP contribution in [0.5, 0.6) is 5.75 Å². The second-order valence-corrected chi connectivity index (χ2v) is 4.60. The second-order valence-electron chi connectivity index (χ2n) is 4.60. The quantitative estimate of drug-likeness (QED) is 0.687. The number of hydrogen-bond acceptors (Lipinski definition) is 2. The van der Waals surface area contributed by atoms with Crippen LogP contribution in [-0.2, 0) is 10.2 Å². The normalized spacial score (nSPS) is 11.5. The van der Waals surface area contributed by atoms with Crippen LogP contribution in [0.4, 0.5) is 0 Å². The first-order valence-electron chi connectivity index (χ1n) is 5.82. The molecule has 0 fully saturated rings. The topological polar surface area (TPSA) is 18.5 Å². The molecule has 1 rings (SSSR count). The molecule has 0 aromatic heterocycles. The van der Waals surface area contributed by atoms with E-state index in [2.05, 4.69) is 32.9 Å². The van der Waals surface area contributed by atoms with E-state index in [1.807, 2.05) is 12.1 Å². The molecular weight excluding hydrogens is 200 g/mol. The smallest absolute Gasteiger partial charge is 0.119 e. The van der Waals surface area contributed by atoms with Crippen molar-refractivity contribution in [2.75, 3.05) is 20.3 Å². The van der Waals surface area contributed by atoms with Crippen molar-refractivity contribution in [3.05, 3.63) is 29.8 Å². The third kappa shape index (κ3) is 3.53. The van der Waals surface area contributed by atoms with Gasteiger partial charge in [0.25, 0.3) is 0 Å². The summed E-state index contributed by atoms with van der Waals surface area (Å²) in [5.41, 5.74) is 1.60. The lowest BCUT2D eigenvalue weighted by Crippen LogP contribution is -2.15. The van der Waals surface area contributed by atoms with Crippen molar-refractivity contribution in [2.24, 2.45) is 0 Å². The maximum atomic E-state index is 5.52. The van der Waals surface area contributed by atoms with E-state index in [1.165, 1.54) is 5.56 Å². The number of benzene rings is 1. The Bertz CT molecular complexity index is 301. The highest BCUT2D eigenvalue weighted by atomic mass is 16.5.